The molecule has 0 aliphatic carbocycles. The first-order valence-electron chi connectivity index (χ1n) is 3.31. The van der Waals surface area contributed by atoms with E-state index in [1.165, 1.54) is 0 Å². The number of hydrogen-bond donors (Lipinski definition) is 3. The Balaban J connectivity index is 0. The molecule has 0 bridgehead atoms. The van der Waals surface area contributed by atoms with Crippen LogP contribution in [-0.4, -0.2) is 74.8 Å². The van der Waals surface area contributed by atoms with Crippen molar-refractivity contribution in [3.8, 4) is 0 Å². The van der Waals surface area contributed by atoms with Crippen LogP contribution in [0.25, 0.3) is 0 Å². The molecule has 0 saturated carbocycles. The van der Waals surface area contributed by atoms with Crippen LogP contribution in [0.3, 0.4) is 0 Å². The Kier molecular flexibility index (Phi) is 11.9. The van der Waals surface area contributed by atoms with E-state index in [0.717, 1.165) is 5.69 Å². The number of benzene rings is 1. The van der Waals surface area contributed by atoms with Crippen molar-refractivity contribution in [2.24, 2.45) is 0 Å². The third kappa shape index (κ3) is 11.9. The number of anilines is 1. The van der Waals surface area contributed by atoms with E-state index in [1.54, 1.807) is 0 Å². The molecule has 13 heavy (non-hydrogen) atoms. The van der Waals surface area contributed by atoms with Crippen molar-refractivity contribution in [1.29, 1.82) is 0 Å². The molecule has 0 heterocycles. The van der Waals surface area contributed by atoms with Crippen LogP contribution in [0.1, 0.15) is 0 Å². The molecule has 1 aromatic carbocycles. The molecule has 4 nitrogen and oxygen atoms in total. The van der Waals surface area contributed by atoms with Gasteiger partial charge in [-0.15, -0.1) is 0 Å². The maximum atomic E-state index is 8.56. The monoisotopic (exact) mass is 209 g/mol. The van der Waals surface area contributed by atoms with E-state index in [1.807, 2.05) is 37.4 Å². The van der Waals surface area contributed by atoms with E-state index in [2.05, 4.69) is 5.32 Å². The molecule has 0 amide bonds. The van der Waals surface area contributed by atoms with Gasteiger partial charge < -0.3 is 15.5 Å². The van der Waals surface area contributed by atoms with Crippen LogP contribution in [0, 0.1) is 0 Å². The van der Waals surface area contributed by atoms with Gasteiger partial charge in [0.2, 0.25) is 0 Å². The normalized spacial score (nSPS) is 7.15. The average Bonchev–Trinajstić information content (AvgIpc) is 2.05. The van der Waals surface area contributed by atoms with Gasteiger partial charge in [0.1, 0.15) is 0 Å². The number of para-hydroxylation sites is 1. The summed E-state index contributed by atoms with van der Waals surface area (Å²) in [5, 5.41) is 17.0. The van der Waals surface area contributed by atoms with Gasteiger partial charge in [-0.3, -0.25) is 0 Å². The van der Waals surface area contributed by atoms with Gasteiger partial charge in [0.05, 0.1) is 0 Å². The van der Waals surface area contributed by atoms with Gasteiger partial charge >= 0.3 is 57.5 Å². The Morgan fingerprint density at radius 1 is 1.23 bits per heavy atom. The van der Waals surface area contributed by atoms with Gasteiger partial charge in [-0.25, -0.2) is 4.79 Å². The number of nitrogens with one attached hydrogen (secondary N) is 1. The van der Waals surface area contributed by atoms with Crippen molar-refractivity contribution in [2.75, 3.05) is 12.4 Å². The van der Waals surface area contributed by atoms with Crippen LogP contribution in [0.2, 0.25) is 0 Å². The fourth-order valence-corrected chi connectivity index (χ4v) is 0.605. The number of hydrogen-bond acceptors (Lipinski definition) is 2. The van der Waals surface area contributed by atoms with E-state index in [4.69, 9.17) is 15.0 Å². The van der Waals surface area contributed by atoms with Crippen molar-refractivity contribution in [1.82, 2.24) is 0 Å². The number of carboxylic acid groups (broad SMARTS) is 2. The van der Waals surface area contributed by atoms with Crippen molar-refractivity contribution in [3.63, 3.8) is 0 Å². The molecule has 0 aromatic heterocycles. The maximum absolute atomic E-state index is 8.56. The zero-order valence-corrected chi connectivity index (χ0v) is 6.69. The predicted molar refractivity (Wildman–Crippen MR) is 53.8 cm³/mol. The van der Waals surface area contributed by atoms with E-state index in [-0.39, 0.29) is 51.4 Å². The summed E-state index contributed by atoms with van der Waals surface area (Å²) in [4.78, 5) is 8.56. The molecule has 0 fully saturated rings. The van der Waals surface area contributed by atoms with Crippen molar-refractivity contribution in [3.05, 3.63) is 30.3 Å². The SMILES string of the molecule is CNc1ccccc1.O=C(O)O.[KH]. The van der Waals surface area contributed by atoms with Crippen LogP contribution < -0.4 is 5.32 Å². The zero-order chi connectivity index (χ0) is 9.40. The van der Waals surface area contributed by atoms with E-state index in [0.29, 0.717) is 0 Å². The Hall–Kier alpha value is -0.0736. The van der Waals surface area contributed by atoms with Crippen molar-refractivity contribution < 1.29 is 15.0 Å². The zero-order valence-electron chi connectivity index (χ0n) is 6.69. The quantitative estimate of drug-likeness (QED) is 0.610. The molecule has 0 aliphatic heterocycles. The summed E-state index contributed by atoms with van der Waals surface area (Å²) in [6, 6.07) is 10.1. The van der Waals surface area contributed by atoms with Crippen LogP contribution in [-0.2, 0) is 0 Å². The Morgan fingerprint density at radius 2 is 1.62 bits per heavy atom. The summed E-state index contributed by atoms with van der Waals surface area (Å²) in [7, 11) is 1.91. The molecular weight excluding hydrogens is 197 g/mol. The molecule has 0 radical (unpaired) electrons. The first-order valence-corrected chi connectivity index (χ1v) is 3.31. The molecule has 0 unspecified atom stereocenters. The van der Waals surface area contributed by atoms with Crippen molar-refractivity contribution in [2.45, 2.75) is 0 Å². The van der Waals surface area contributed by atoms with Gasteiger partial charge in [-0.2, -0.15) is 0 Å². The molecule has 68 valence electrons. The standard InChI is InChI=1S/C7H9N.CH2O3.K.H/c1-8-7-5-3-2-4-6-7;2-1(3)4;;/h2-6,8H,1H3;(H2,2,3,4);;. The van der Waals surface area contributed by atoms with Gasteiger partial charge in [-0.05, 0) is 12.1 Å². The summed E-state index contributed by atoms with van der Waals surface area (Å²) in [6.45, 7) is 0. The number of carbonyl (C=O) groups is 1. The van der Waals surface area contributed by atoms with Crippen LogP contribution >= 0.6 is 0 Å². The van der Waals surface area contributed by atoms with Gasteiger partial charge in [0, 0.05) is 12.7 Å². The third-order valence-electron chi connectivity index (χ3n) is 1.06. The van der Waals surface area contributed by atoms with Crippen LogP contribution in [0.4, 0.5) is 10.5 Å². The van der Waals surface area contributed by atoms with Gasteiger partial charge in [0.25, 0.3) is 0 Å². The summed E-state index contributed by atoms with van der Waals surface area (Å²) in [5.41, 5.74) is 1.16. The minimum absolute atomic E-state index is 0. The summed E-state index contributed by atoms with van der Waals surface area (Å²) < 4.78 is 0. The molecule has 0 aliphatic rings. The number of rotatable bonds is 1. The van der Waals surface area contributed by atoms with Crippen LogP contribution in [0.15, 0.2) is 30.3 Å². The molecule has 0 spiro atoms. The third-order valence-corrected chi connectivity index (χ3v) is 1.06. The fourth-order valence-electron chi connectivity index (χ4n) is 0.605. The molecule has 0 atom stereocenters. The summed E-state index contributed by atoms with van der Waals surface area (Å²) in [5.74, 6) is 0. The topological polar surface area (TPSA) is 69.6 Å². The average molecular weight is 209 g/mol. The fraction of sp³-hybridized carbons (Fsp3) is 0.125. The van der Waals surface area contributed by atoms with Crippen molar-refractivity contribution >= 4 is 63.2 Å². The van der Waals surface area contributed by atoms with Gasteiger partial charge in [-0.1, -0.05) is 18.2 Å². The Bertz CT molecular complexity index is 224. The Morgan fingerprint density at radius 3 is 1.85 bits per heavy atom. The predicted octanol–water partition coefficient (Wildman–Crippen LogP) is 1.30. The first-order chi connectivity index (χ1) is 5.66. The molecule has 5 heteroatoms. The molecule has 3 N–H and O–H groups in total. The first kappa shape index (κ1) is 15.4. The summed E-state index contributed by atoms with van der Waals surface area (Å²) >= 11 is 0. The Labute approximate surface area is 119 Å². The molecule has 1 aromatic rings. The van der Waals surface area contributed by atoms with Gasteiger partial charge in [0.15, 0.2) is 0 Å². The van der Waals surface area contributed by atoms with Crippen LogP contribution in [0.5, 0.6) is 0 Å². The molecule has 1 rings (SSSR count). The van der Waals surface area contributed by atoms with E-state index < -0.39 is 6.16 Å². The summed E-state index contributed by atoms with van der Waals surface area (Å²) in [6.07, 6.45) is -1.83. The van der Waals surface area contributed by atoms with E-state index >= 15 is 0 Å². The second-order valence-corrected chi connectivity index (χ2v) is 1.90. The minimum atomic E-state index is -1.83. The second-order valence-electron chi connectivity index (χ2n) is 1.90. The molecular formula is C8H12KNO3. The second kappa shape index (κ2) is 10.0. The molecule has 0 saturated heterocycles. The van der Waals surface area contributed by atoms with E-state index in [9.17, 15) is 0 Å².